The average Bonchev–Trinajstić information content (AvgIpc) is 2.63. The summed E-state index contributed by atoms with van der Waals surface area (Å²) < 4.78 is 11.6. The Hall–Kier alpha value is -1.50. The van der Waals surface area contributed by atoms with E-state index in [2.05, 4.69) is 0 Å². The number of ether oxygens (including phenoxy) is 2. The molecule has 0 aromatic heterocycles. The summed E-state index contributed by atoms with van der Waals surface area (Å²) in [6.07, 6.45) is 3.13. The Morgan fingerprint density at radius 1 is 1.30 bits per heavy atom. The number of aliphatic hydroxyl groups is 1. The molecule has 3 rings (SSSR count). The molecular weight excluding hydrogens is 320 g/mol. The minimum Gasteiger partial charge on any atom is -0.490 e. The van der Waals surface area contributed by atoms with Gasteiger partial charge >= 0.3 is 0 Å². The van der Waals surface area contributed by atoms with Crippen LogP contribution in [0.25, 0.3) is 0 Å². The second kappa shape index (κ2) is 7.38. The molecule has 1 heterocycles. The maximum atomic E-state index is 12.1. The highest BCUT2D eigenvalue weighted by Crippen LogP contribution is 2.35. The van der Waals surface area contributed by atoms with E-state index in [1.165, 1.54) is 4.90 Å². The van der Waals surface area contributed by atoms with Crippen molar-refractivity contribution < 1.29 is 19.4 Å². The number of anilines is 1. The fraction of sp³-hybridized carbons (Fsp3) is 0.562. The second-order valence-electron chi connectivity index (χ2n) is 5.99. The molecule has 0 bridgehead atoms. The van der Waals surface area contributed by atoms with Gasteiger partial charge in [-0.1, -0.05) is 0 Å². The summed E-state index contributed by atoms with van der Waals surface area (Å²) in [5, 5.41) is 9.54. The number of hydrogen-bond acceptors (Lipinski definition) is 5. The third kappa shape index (κ3) is 3.88. The zero-order valence-corrected chi connectivity index (χ0v) is 13.9. The van der Waals surface area contributed by atoms with Crippen molar-refractivity contribution in [2.24, 2.45) is 5.73 Å². The van der Waals surface area contributed by atoms with Gasteiger partial charge in [-0.2, -0.15) is 0 Å². The molecule has 0 unspecified atom stereocenters. The van der Waals surface area contributed by atoms with E-state index < -0.39 is 6.04 Å². The molecule has 7 heteroatoms. The van der Waals surface area contributed by atoms with Crippen molar-refractivity contribution in [3.05, 3.63) is 18.2 Å². The highest BCUT2D eigenvalue weighted by molar-refractivity contribution is 5.98. The number of carbonyl (C=O) groups excluding carboxylic acids is 1. The first-order chi connectivity index (χ1) is 10.5. The van der Waals surface area contributed by atoms with Crippen LogP contribution in [-0.4, -0.2) is 42.9 Å². The quantitative estimate of drug-likeness (QED) is 0.850. The monoisotopic (exact) mass is 342 g/mol. The summed E-state index contributed by atoms with van der Waals surface area (Å²) in [6, 6.07) is 4.82. The van der Waals surface area contributed by atoms with Gasteiger partial charge < -0.3 is 25.2 Å². The number of likely N-dealkylation sites (N-methyl/N-ethyl adjacent to an activating group) is 1. The van der Waals surface area contributed by atoms with E-state index in [9.17, 15) is 9.90 Å². The molecule has 1 aliphatic heterocycles. The summed E-state index contributed by atoms with van der Waals surface area (Å²) in [4.78, 5) is 13.6. The molecule has 2 aliphatic rings. The SMILES string of the molecule is CN1C(=O)[C@@H](N)COc2ccc(OC3CCC(O)CC3)cc21.Cl. The van der Waals surface area contributed by atoms with Gasteiger partial charge in [-0.05, 0) is 37.8 Å². The molecule has 0 saturated heterocycles. The van der Waals surface area contributed by atoms with Gasteiger partial charge in [0.05, 0.1) is 17.9 Å². The van der Waals surface area contributed by atoms with Gasteiger partial charge in [0, 0.05) is 13.1 Å². The fourth-order valence-electron chi connectivity index (χ4n) is 2.93. The number of amides is 1. The van der Waals surface area contributed by atoms with Gasteiger partial charge in [0.2, 0.25) is 5.91 Å². The van der Waals surface area contributed by atoms with Gasteiger partial charge in [0.15, 0.2) is 0 Å². The topological polar surface area (TPSA) is 85.0 Å². The number of halogens is 1. The van der Waals surface area contributed by atoms with Gasteiger partial charge in [-0.15, -0.1) is 12.4 Å². The number of rotatable bonds is 2. The van der Waals surface area contributed by atoms with Gasteiger partial charge in [0.25, 0.3) is 0 Å². The van der Waals surface area contributed by atoms with Crippen LogP contribution in [0.4, 0.5) is 5.69 Å². The number of aliphatic hydroxyl groups excluding tert-OH is 1. The van der Waals surface area contributed by atoms with Crippen molar-refractivity contribution in [1.29, 1.82) is 0 Å². The van der Waals surface area contributed by atoms with E-state index in [1.54, 1.807) is 7.05 Å². The van der Waals surface area contributed by atoms with Crippen molar-refractivity contribution in [2.45, 2.75) is 43.9 Å². The highest BCUT2D eigenvalue weighted by atomic mass is 35.5. The zero-order chi connectivity index (χ0) is 15.7. The average molecular weight is 343 g/mol. The van der Waals surface area contributed by atoms with Gasteiger partial charge in [-0.25, -0.2) is 0 Å². The summed E-state index contributed by atoms with van der Waals surface area (Å²) >= 11 is 0. The van der Waals surface area contributed by atoms with Crippen molar-refractivity contribution in [1.82, 2.24) is 0 Å². The molecule has 1 amide bonds. The molecule has 1 aromatic carbocycles. The molecule has 0 radical (unpaired) electrons. The Morgan fingerprint density at radius 3 is 2.70 bits per heavy atom. The smallest absolute Gasteiger partial charge is 0.247 e. The molecular formula is C16H23ClN2O4. The van der Waals surface area contributed by atoms with E-state index in [1.807, 2.05) is 18.2 Å². The number of nitrogens with zero attached hydrogens (tertiary/aromatic N) is 1. The van der Waals surface area contributed by atoms with Crippen LogP contribution in [0.5, 0.6) is 11.5 Å². The van der Waals surface area contributed by atoms with Crippen molar-refractivity contribution in [2.75, 3.05) is 18.6 Å². The standard InChI is InChI=1S/C16H22N2O4.ClH/c1-18-14-8-12(22-11-4-2-10(19)3-5-11)6-7-15(14)21-9-13(17)16(18)20;/h6-8,10-11,13,19H,2-5,9,17H2,1H3;1H/t10?,11?,13-;/m0./s1. The minimum atomic E-state index is -0.651. The lowest BCUT2D eigenvalue weighted by Gasteiger charge is -2.27. The van der Waals surface area contributed by atoms with Crippen LogP contribution in [0.1, 0.15) is 25.7 Å². The van der Waals surface area contributed by atoms with Crippen LogP contribution in [0, 0.1) is 0 Å². The molecule has 0 spiro atoms. The largest absolute Gasteiger partial charge is 0.490 e. The normalized spacial score (nSPS) is 27.3. The van der Waals surface area contributed by atoms with Crippen LogP contribution in [0.3, 0.4) is 0 Å². The van der Waals surface area contributed by atoms with E-state index in [0.29, 0.717) is 17.2 Å². The van der Waals surface area contributed by atoms with Crippen LogP contribution >= 0.6 is 12.4 Å². The summed E-state index contributed by atoms with van der Waals surface area (Å²) in [7, 11) is 1.69. The lowest BCUT2D eigenvalue weighted by molar-refractivity contribution is -0.119. The van der Waals surface area contributed by atoms with Crippen molar-refractivity contribution in [3.63, 3.8) is 0 Å². The number of hydrogen-bond donors (Lipinski definition) is 2. The summed E-state index contributed by atoms with van der Waals surface area (Å²) in [6.45, 7) is 0.177. The van der Waals surface area contributed by atoms with E-state index in [0.717, 1.165) is 25.7 Å². The fourth-order valence-corrected chi connectivity index (χ4v) is 2.93. The Labute approximate surface area is 142 Å². The molecule has 1 aliphatic carbocycles. The van der Waals surface area contributed by atoms with E-state index in [-0.39, 0.29) is 37.1 Å². The molecule has 1 aromatic rings. The predicted molar refractivity (Wildman–Crippen MR) is 89.5 cm³/mol. The predicted octanol–water partition coefficient (Wildman–Crippen LogP) is 1.47. The Bertz CT molecular complexity index is 561. The van der Waals surface area contributed by atoms with Crippen molar-refractivity contribution >= 4 is 24.0 Å². The Kier molecular flexibility index (Phi) is 5.73. The first-order valence-electron chi connectivity index (χ1n) is 7.69. The minimum absolute atomic E-state index is 0. The zero-order valence-electron chi connectivity index (χ0n) is 13.1. The number of benzene rings is 1. The summed E-state index contributed by atoms with van der Waals surface area (Å²) in [5.74, 6) is 1.17. The summed E-state index contributed by atoms with van der Waals surface area (Å²) in [5.41, 5.74) is 6.45. The van der Waals surface area contributed by atoms with Crippen LogP contribution in [0.2, 0.25) is 0 Å². The number of carbonyl (C=O) groups is 1. The van der Waals surface area contributed by atoms with Crippen LogP contribution in [-0.2, 0) is 4.79 Å². The first kappa shape index (κ1) is 17.8. The lowest BCUT2D eigenvalue weighted by atomic mass is 9.95. The molecule has 1 saturated carbocycles. The third-order valence-corrected chi connectivity index (χ3v) is 4.30. The molecule has 1 atom stereocenters. The first-order valence-corrected chi connectivity index (χ1v) is 7.69. The maximum Gasteiger partial charge on any atom is 0.247 e. The van der Waals surface area contributed by atoms with E-state index in [4.69, 9.17) is 15.2 Å². The molecule has 23 heavy (non-hydrogen) atoms. The Balaban J connectivity index is 0.00000192. The van der Waals surface area contributed by atoms with Gasteiger partial charge in [0.1, 0.15) is 24.1 Å². The Morgan fingerprint density at radius 2 is 2.00 bits per heavy atom. The van der Waals surface area contributed by atoms with Crippen LogP contribution in [0.15, 0.2) is 18.2 Å². The molecule has 1 fully saturated rings. The van der Waals surface area contributed by atoms with Crippen molar-refractivity contribution in [3.8, 4) is 11.5 Å². The third-order valence-electron chi connectivity index (χ3n) is 4.30. The highest BCUT2D eigenvalue weighted by Gasteiger charge is 2.27. The number of fused-ring (bicyclic) bond motifs is 1. The van der Waals surface area contributed by atoms with Gasteiger partial charge in [-0.3, -0.25) is 4.79 Å². The molecule has 6 nitrogen and oxygen atoms in total. The molecule has 128 valence electrons. The molecule has 3 N–H and O–H groups in total. The maximum absolute atomic E-state index is 12.1. The number of nitrogens with two attached hydrogens (primary N) is 1. The van der Waals surface area contributed by atoms with Crippen LogP contribution < -0.4 is 20.1 Å². The van der Waals surface area contributed by atoms with E-state index >= 15 is 0 Å². The second-order valence-corrected chi connectivity index (χ2v) is 5.99. The lowest BCUT2D eigenvalue weighted by Crippen LogP contribution is -2.43.